The van der Waals surface area contributed by atoms with E-state index in [0.717, 1.165) is 16.8 Å². The van der Waals surface area contributed by atoms with Gasteiger partial charge in [0.15, 0.2) is 5.65 Å². The van der Waals surface area contributed by atoms with Crippen LogP contribution in [0.15, 0.2) is 30.7 Å². The quantitative estimate of drug-likeness (QED) is 0.776. The van der Waals surface area contributed by atoms with Gasteiger partial charge in [0, 0.05) is 6.07 Å². The third kappa shape index (κ3) is 1.97. The highest BCUT2D eigenvalue weighted by molar-refractivity contribution is 5.77. The molecular weight excluding hydrogens is 244 g/mol. The molecule has 2 aromatic heterocycles. The molecular formula is C13H12N4O2. The summed E-state index contributed by atoms with van der Waals surface area (Å²) in [5.41, 5.74) is 2.26. The Labute approximate surface area is 109 Å². The summed E-state index contributed by atoms with van der Waals surface area (Å²) >= 11 is 0. The van der Waals surface area contributed by atoms with Crippen molar-refractivity contribution in [3.8, 4) is 22.9 Å². The zero-order valence-corrected chi connectivity index (χ0v) is 10.5. The number of imidazole rings is 1. The van der Waals surface area contributed by atoms with Crippen LogP contribution < -0.4 is 9.47 Å². The summed E-state index contributed by atoms with van der Waals surface area (Å²) in [6, 6.07) is 5.56. The van der Waals surface area contributed by atoms with E-state index in [4.69, 9.17) is 9.47 Å². The van der Waals surface area contributed by atoms with E-state index in [2.05, 4.69) is 19.9 Å². The standard InChI is InChI=1S/C13H12N4O2/c1-18-8-3-4-9(11(5-8)19-2)12-16-10-6-14-7-15-13(10)17-12/h3-7H,1-2H3,(H,14,15,16,17). The minimum Gasteiger partial charge on any atom is -0.497 e. The van der Waals surface area contributed by atoms with Crippen LogP contribution in [0.5, 0.6) is 11.5 Å². The zero-order valence-electron chi connectivity index (χ0n) is 10.5. The lowest BCUT2D eigenvalue weighted by Gasteiger charge is -2.08. The Kier molecular flexibility index (Phi) is 2.75. The van der Waals surface area contributed by atoms with E-state index in [-0.39, 0.29) is 0 Å². The monoisotopic (exact) mass is 256 g/mol. The van der Waals surface area contributed by atoms with Crippen molar-refractivity contribution in [3.63, 3.8) is 0 Å². The van der Waals surface area contributed by atoms with Crippen LogP contribution in [0.1, 0.15) is 0 Å². The van der Waals surface area contributed by atoms with Crippen LogP contribution in [-0.2, 0) is 0 Å². The number of fused-ring (bicyclic) bond motifs is 1. The van der Waals surface area contributed by atoms with Crippen LogP contribution in [0.25, 0.3) is 22.6 Å². The summed E-state index contributed by atoms with van der Waals surface area (Å²) in [7, 11) is 3.23. The second-order valence-corrected chi connectivity index (χ2v) is 3.91. The summed E-state index contributed by atoms with van der Waals surface area (Å²) in [4.78, 5) is 15.7. The van der Waals surface area contributed by atoms with E-state index in [1.807, 2.05) is 18.2 Å². The van der Waals surface area contributed by atoms with Crippen molar-refractivity contribution >= 4 is 11.2 Å². The summed E-state index contributed by atoms with van der Waals surface area (Å²) in [5, 5.41) is 0. The number of nitrogens with zero attached hydrogens (tertiary/aromatic N) is 3. The predicted molar refractivity (Wildman–Crippen MR) is 70.2 cm³/mol. The van der Waals surface area contributed by atoms with Crippen molar-refractivity contribution in [2.24, 2.45) is 0 Å². The van der Waals surface area contributed by atoms with E-state index >= 15 is 0 Å². The third-order valence-corrected chi connectivity index (χ3v) is 2.83. The number of aromatic amines is 1. The fraction of sp³-hybridized carbons (Fsp3) is 0.154. The van der Waals surface area contributed by atoms with Gasteiger partial charge in [0.05, 0.1) is 26.0 Å². The van der Waals surface area contributed by atoms with Crippen LogP contribution >= 0.6 is 0 Å². The minimum absolute atomic E-state index is 0.686. The third-order valence-electron chi connectivity index (χ3n) is 2.83. The molecule has 6 heteroatoms. The first-order chi connectivity index (χ1) is 9.31. The summed E-state index contributed by atoms with van der Waals surface area (Å²) in [6.45, 7) is 0. The van der Waals surface area contributed by atoms with E-state index in [0.29, 0.717) is 17.2 Å². The lowest BCUT2D eigenvalue weighted by atomic mass is 10.2. The Morgan fingerprint density at radius 3 is 2.79 bits per heavy atom. The maximum absolute atomic E-state index is 5.36. The van der Waals surface area contributed by atoms with Crippen molar-refractivity contribution in [1.29, 1.82) is 0 Å². The molecule has 0 unspecified atom stereocenters. The van der Waals surface area contributed by atoms with E-state index in [1.54, 1.807) is 20.4 Å². The average Bonchev–Trinajstić information content (AvgIpc) is 2.90. The summed E-state index contributed by atoms with van der Waals surface area (Å²) in [6.07, 6.45) is 3.15. The molecule has 19 heavy (non-hydrogen) atoms. The average molecular weight is 256 g/mol. The van der Waals surface area contributed by atoms with Crippen molar-refractivity contribution in [3.05, 3.63) is 30.7 Å². The fourth-order valence-electron chi connectivity index (χ4n) is 1.88. The number of aromatic nitrogens is 4. The Morgan fingerprint density at radius 2 is 2.05 bits per heavy atom. The van der Waals surface area contributed by atoms with Crippen LogP contribution in [-0.4, -0.2) is 34.2 Å². The highest BCUT2D eigenvalue weighted by Crippen LogP contribution is 2.32. The van der Waals surface area contributed by atoms with Gasteiger partial charge in [-0.1, -0.05) is 0 Å². The smallest absolute Gasteiger partial charge is 0.161 e. The maximum Gasteiger partial charge on any atom is 0.161 e. The van der Waals surface area contributed by atoms with E-state index in [9.17, 15) is 0 Å². The van der Waals surface area contributed by atoms with Crippen LogP contribution in [0.2, 0.25) is 0 Å². The van der Waals surface area contributed by atoms with Gasteiger partial charge < -0.3 is 14.5 Å². The SMILES string of the molecule is COc1ccc(-c2nc3cncnc3[nH]2)c(OC)c1. The molecule has 1 aromatic carbocycles. The molecule has 1 N–H and O–H groups in total. The van der Waals surface area contributed by atoms with Crippen molar-refractivity contribution in [2.45, 2.75) is 0 Å². The molecule has 0 aliphatic heterocycles. The van der Waals surface area contributed by atoms with Gasteiger partial charge in [0.2, 0.25) is 0 Å². The molecule has 0 aliphatic rings. The van der Waals surface area contributed by atoms with Gasteiger partial charge >= 0.3 is 0 Å². The zero-order chi connectivity index (χ0) is 13.2. The van der Waals surface area contributed by atoms with Crippen LogP contribution in [0.3, 0.4) is 0 Å². The predicted octanol–water partition coefficient (Wildman–Crippen LogP) is 2.04. The first-order valence-corrected chi connectivity index (χ1v) is 5.70. The summed E-state index contributed by atoms with van der Waals surface area (Å²) < 4.78 is 10.5. The first-order valence-electron chi connectivity index (χ1n) is 5.70. The normalized spacial score (nSPS) is 10.6. The molecule has 0 bridgehead atoms. The highest BCUT2D eigenvalue weighted by atomic mass is 16.5. The Hall–Kier alpha value is -2.63. The first kappa shape index (κ1) is 11.5. The van der Waals surface area contributed by atoms with Gasteiger partial charge in [0.1, 0.15) is 29.2 Å². The molecule has 2 heterocycles. The number of hydrogen-bond donors (Lipinski definition) is 1. The molecule has 0 spiro atoms. The molecule has 0 aliphatic carbocycles. The Morgan fingerprint density at radius 1 is 1.16 bits per heavy atom. The highest BCUT2D eigenvalue weighted by Gasteiger charge is 2.12. The summed E-state index contributed by atoms with van der Waals surface area (Å²) in [5.74, 6) is 2.11. The van der Waals surface area contributed by atoms with Crippen molar-refractivity contribution in [2.75, 3.05) is 14.2 Å². The number of H-pyrrole nitrogens is 1. The molecule has 96 valence electrons. The Bertz CT molecular complexity index is 690. The number of nitrogens with one attached hydrogen (secondary N) is 1. The van der Waals surface area contributed by atoms with Gasteiger partial charge in [-0.15, -0.1) is 0 Å². The van der Waals surface area contributed by atoms with Gasteiger partial charge in [-0.05, 0) is 12.1 Å². The van der Waals surface area contributed by atoms with Crippen molar-refractivity contribution < 1.29 is 9.47 Å². The number of benzene rings is 1. The van der Waals surface area contributed by atoms with Gasteiger partial charge in [-0.3, -0.25) is 0 Å². The molecule has 3 rings (SSSR count). The number of ether oxygens (including phenoxy) is 2. The number of hydrogen-bond acceptors (Lipinski definition) is 5. The molecule has 0 amide bonds. The molecule has 0 atom stereocenters. The fourth-order valence-corrected chi connectivity index (χ4v) is 1.88. The second kappa shape index (κ2) is 4.56. The molecule has 0 saturated carbocycles. The van der Waals surface area contributed by atoms with Crippen LogP contribution in [0.4, 0.5) is 0 Å². The van der Waals surface area contributed by atoms with E-state index in [1.165, 1.54) is 6.33 Å². The molecule has 0 saturated heterocycles. The second-order valence-electron chi connectivity index (χ2n) is 3.91. The van der Waals surface area contributed by atoms with E-state index < -0.39 is 0 Å². The topological polar surface area (TPSA) is 72.9 Å². The lowest BCUT2D eigenvalue weighted by Crippen LogP contribution is -1.91. The molecule has 3 aromatic rings. The van der Waals surface area contributed by atoms with Crippen molar-refractivity contribution in [1.82, 2.24) is 19.9 Å². The lowest BCUT2D eigenvalue weighted by molar-refractivity contribution is 0.395. The maximum atomic E-state index is 5.36. The van der Waals surface area contributed by atoms with Gasteiger partial charge in [-0.25, -0.2) is 15.0 Å². The number of methoxy groups -OCH3 is 2. The van der Waals surface area contributed by atoms with Gasteiger partial charge in [-0.2, -0.15) is 0 Å². The molecule has 6 nitrogen and oxygen atoms in total. The van der Waals surface area contributed by atoms with Gasteiger partial charge in [0.25, 0.3) is 0 Å². The van der Waals surface area contributed by atoms with Crippen LogP contribution in [0, 0.1) is 0 Å². The number of rotatable bonds is 3. The molecule has 0 radical (unpaired) electrons. The largest absolute Gasteiger partial charge is 0.497 e. The minimum atomic E-state index is 0.686. The molecule has 0 fully saturated rings. The Balaban J connectivity index is 2.15.